The van der Waals surface area contributed by atoms with Crippen molar-refractivity contribution in [1.82, 2.24) is 0 Å². The third kappa shape index (κ3) is 1.37. The average Bonchev–Trinajstić information content (AvgIpc) is 2.35. The van der Waals surface area contributed by atoms with Gasteiger partial charge in [-0.1, -0.05) is 31.5 Å². The van der Waals surface area contributed by atoms with E-state index in [-0.39, 0.29) is 5.41 Å². The molecule has 0 unspecified atom stereocenters. The minimum absolute atomic E-state index is 0.0593. The van der Waals surface area contributed by atoms with Gasteiger partial charge in [-0.15, -0.1) is 0 Å². The number of anilines is 1. The van der Waals surface area contributed by atoms with E-state index in [4.69, 9.17) is 11.6 Å². The smallest absolute Gasteiger partial charge is 0.0448 e. The molecule has 0 saturated carbocycles. The average molecular weight is 222 g/mol. The molecule has 0 saturated heterocycles. The number of benzene rings is 1. The minimum Gasteiger partial charge on any atom is -0.347 e. The maximum absolute atomic E-state index is 6.05. The van der Waals surface area contributed by atoms with Crippen LogP contribution in [0, 0.1) is 0 Å². The van der Waals surface area contributed by atoms with Crippen molar-refractivity contribution in [2.24, 2.45) is 0 Å². The SMILES string of the molecule is CC=C1N(C)c2ccc(Cl)cc2C1(C)C. The third-order valence-corrected chi connectivity index (χ3v) is 3.50. The van der Waals surface area contributed by atoms with Gasteiger partial charge in [0, 0.05) is 28.9 Å². The minimum atomic E-state index is 0.0593. The van der Waals surface area contributed by atoms with Crippen molar-refractivity contribution in [1.29, 1.82) is 0 Å². The maximum atomic E-state index is 6.05. The van der Waals surface area contributed by atoms with Gasteiger partial charge in [-0.25, -0.2) is 0 Å². The zero-order chi connectivity index (χ0) is 11.2. The molecule has 15 heavy (non-hydrogen) atoms. The van der Waals surface area contributed by atoms with Crippen molar-refractivity contribution in [3.8, 4) is 0 Å². The molecule has 0 N–H and O–H groups in total. The lowest BCUT2D eigenvalue weighted by atomic mass is 9.84. The Morgan fingerprint density at radius 3 is 2.60 bits per heavy atom. The lowest BCUT2D eigenvalue weighted by Crippen LogP contribution is -2.22. The molecule has 1 aliphatic rings. The molecular formula is C13H16ClN. The van der Waals surface area contributed by atoms with Gasteiger partial charge < -0.3 is 4.90 Å². The van der Waals surface area contributed by atoms with E-state index in [0.717, 1.165) is 5.02 Å². The molecule has 0 fully saturated rings. The molecule has 0 aromatic heterocycles. The summed E-state index contributed by atoms with van der Waals surface area (Å²) in [5, 5.41) is 0.813. The molecular weight excluding hydrogens is 206 g/mol. The number of fused-ring (bicyclic) bond motifs is 1. The lowest BCUT2D eigenvalue weighted by molar-refractivity contribution is 0.639. The quantitative estimate of drug-likeness (QED) is 0.641. The normalized spacial score (nSPS) is 20.9. The Kier molecular flexibility index (Phi) is 2.31. The van der Waals surface area contributed by atoms with Crippen LogP contribution < -0.4 is 4.90 Å². The maximum Gasteiger partial charge on any atom is 0.0448 e. The van der Waals surface area contributed by atoms with Crippen molar-refractivity contribution >= 4 is 17.3 Å². The summed E-state index contributed by atoms with van der Waals surface area (Å²) in [6.07, 6.45) is 2.17. The number of nitrogens with zero attached hydrogens (tertiary/aromatic N) is 1. The topological polar surface area (TPSA) is 3.24 Å². The number of rotatable bonds is 0. The van der Waals surface area contributed by atoms with Crippen molar-refractivity contribution in [2.45, 2.75) is 26.2 Å². The first-order valence-electron chi connectivity index (χ1n) is 5.19. The van der Waals surface area contributed by atoms with Crippen LogP contribution in [0.2, 0.25) is 5.02 Å². The van der Waals surface area contributed by atoms with Gasteiger partial charge in [-0.05, 0) is 30.7 Å². The molecule has 0 amide bonds. The van der Waals surface area contributed by atoms with Crippen LogP contribution in [0.4, 0.5) is 5.69 Å². The fraction of sp³-hybridized carbons (Fsp3) is 0.385. The molecule has 1 heterocycles. The first kappa shape index (κ1) is 10.6. The van der Waals surface area contributed by atoms with Crippen LogP contribution in [0.3, 0.4) is 0 Å². The van der Waals surface area contributed by atoms with Crippen molar-refractivity contribution < 1.29 is 0 Å². The fourth-order valence-electron chi connectivity index (χ4n) is 2.54. The second-order valence-electron chi connectivity index (χ2n) is 4.52. The fourth-order valence-corrected chi connectivity index (χ4v) is 2.71. The predicted molar refractivity (Wildman–Crippen MR) is 66.6 cm³/mol. The molecule has 2 rings (SSSR count). The highest BCUT2D eigenvalue weighted by Gasteiger charge is 2.37. The van der Waals surface area contributed by atoms with Crippen LogP contribution in [-0.4, -0.2) is 7.05 Å². The molecule has 80 valence electrons. The van der Waals surface area contributed by atoms with E-state index >= 15 is 0 Å². The Morgan fingerprint density at radius 1 is 1.33 bits per heavy atom. The number of allylic oxidation sites excluding steroid dienone is 2. The Labute approximate surface area is 96.4 Å². The summed E-state index contributed by atoms with van der Waals surface area (Å²) < 4.78 is 0. The molecule has 1 aliphatic heterocycles. The summed E-state index contributed by atoms with van der Waals surface area (Å²) >= 11 is 6.05. The van der Waals surface area contributed by atoms with E-state index in [1.165, 1.54) is 16.9 Å². The van der Waals surface area contributed by atoms with Crippen LogP contribution in [0.1, 0.15) is 26.3 Å². The van der Waals surface area contributed by atoms with Crippen LogP contribution in [0.25, 0.3) is 0 Å². The predicted octanol–water partition coefficient (Wildman–Crippen LogP) is 3.97. The number of hydrogen-bond donors (Lipinski definition) is 0. The number of hydrogen-bond acceptors (Lipinski definition) is 1. The molecule has 2 heteroatoms. The molecule has 1 aromatic carbocycles. The van der Waals surface area contributed by atoms with Crippen LogP contribution in [-0.2, 0) is 5.41 Å². The van der Waals surface area contributed by atoms with Gasteiger partial charge in [0.15, 0.2) is 0 Å². The van der Waals surface area contributed by atoms with Gasteiger partial charge in [0.25, 0.3) is 0 Å². The van der Waals surface area contributed by atoms with E-state index in [1.807, 2.05) is 6.07 Å². The standard InChI is InChI=1S/C13H16ClN/c1-5-12-13(2,3)10-8-9(14)6-7-11(10)15(12)4/h5-8H,1-4H3. The molecule has 0 aliphatic carbocycles. The summed E-state index contributed by atoms with van der Waals surface area (Å²) in [6.45, 7) is 6.56. The summed E-state index contributed by atoms with van der Waals surface area (Å²) in [6, 6.07) is 6.12. The molecule has 0 bridgehead atoms. The Morgan fingerprint density at radius 2 is 2.00 bits per heavy atom. The second kappa shape index (κ2) is 3.28. The Hall–Kier alpha value is -0.950. The van der Waals surface area contributed by atoms with Crippen LogP contribution >= 0.6 is 11.6 Å². The van der Waals surface area contributed by atoms with Gasteiger partial charge in [-0.2, -0.15) is 0 Å². The van der Waals surface area contributed by atoms with E-state index in [9.17, 15) is 0 Å². The lowest BCUT2D eigenvalue weighted by Gasteiger charge is -2.23. The van der Waals surface area contributed by atoms with Crippen molar-refractivity contribution in [2.75, 3.05) is 11.9 Å². The Bertz CT molecular complexity index is 432. The molecule has 0 atom stereocenters. The second-order valence-corrected chi connectivity index (χ2v) is 4.96. The van der Waals surface area contributed by atoms with Crippen LogP contribution in [0.5, 0.6) is 0 Å². The monoisotopic (exact) mass is 221 g/mol. The highest BCUT2D eigenvalue weighted by molar-refractivity contribution is 6.30. The summed E-state index contributed by atoms with van der Waals surface area (Å²) in [4.78, 5) is 2.24. The van der Waals surface area contributed by atoms with Gasteiger partial charge >= 0.3 is 0 Å². The Balaban J connectivity index is 2.69. The van der Waals surface area contributed by atoms with Crippen molar-refractivity contribution in [3.05, 3.63) is 40.6 Å². The van der Waals surface area contributed by atoms with E-state index in [1.54, 1.807) is 0 Å². The highest BCUT2D eigenvalue weighted by Crippen LogP contribution is 2.47. The van der Waals surface area contributed by atoms with Crippen molar-refractivity contribution in [3.63, 3.8) is 0 Å². The zero-order valence-electron chi connectivity index (χ0n) is 9.63. The highest BCUT2D eigenvalue weighted by atomic mass is 35.5. The summed E-state index contributed by atoms with van der Waals surface area (Å²) in [5.74, 6) is 0. The largest absolute Gasteiger partial charge is 0.347 e. The third-order valence-electron chi connectivity index (χ3n) is 3.27. The molecule has 1 aromatic rings. The molecule has 1 nitrogen and oxygen atoms in total. The van der Waals surface area contributed by atoms with E-state index < -0.39 is 0 Å². The first-order valence-corrected chi connectivity index (χ1v) is 5.57. The molecule has 0 spiro atoms. The van der Waals surface area contributed by atoms with Gasteiger partial charge in [0.05, 0.1) is 0 Å². The summed E-state index contributed by atoms with van der Waals surface area (Å²) in [5.41, 5.74) is 3.96. The van der Waals surface area contributed by atoms with E-state index in [0.29, 0.717) is 0 Å². The first-order chi connectivity index (χ1) is 6.98. The van der Waals surface area contributed by atoms with Crippen LogP contribution in [0.15, 0.2) is 30.0 Å². The van der Waals surface area contributed by atoms with E-state index in [2.05, 4.69) is 50.9 Å². The van der Waals surface area contributed by atoms with Gasteiger partial charge in [0.2, 0.25) is 0 Å². The zero-order valence-corrected chi connectivity index (χ0v) is 10.4. The van der Waals surface area contributed by atoms with Gasteiger partial charge in [-0.3, -0.25) is 0 Å². The molecule has 0 radical (unpaired) electrons. The number of halogens is 1. The number of likely N-dealkylation sites (N-methyl/N-ethyl adjacent to an activating group) is 1. The summed E-state index contributed by atoms with van der Waals surface area (Å²) in [7, 11) is 2.11. The van der Waals surface area contributed by atoms with Gasteiger partial charge in [0.1, 0.15) is 0 Å².